The van der Waals surface area contributed by atoms with Gasteiger partial charge in [0.1, 0.15) is 0 Å². The van der Waals surface area contributed by atoms with Gasteiger partial charge in [-0.3, -0.25) is 10.1 Å². The Hall–Kier alpha value is -4.08. The fraction of sp³-hybridized carbons (Fsp3) is 0.120. The summed E-state index contributed by atoms with van der Waals surface area (Å²) in [5.41, 5.74) is 4.48. The van der Waals surface area contributed by atoms with E-state index in [1.807, 2.05) is 0 Å². The molecule has 0 saturated carbocycles. The fourth-order valence-corrected chi connectivity index (χ4v) is 3.14. The highest BCUT2D eigenvalue weighted by molar-refractivity contribution is 6.30. The molecule has 0 spiro atoms. The van der Waals surface area contributed by atoms with Crippen LogP contribution in [0.3, 0.4) is 0 Å². The number of hydrogen-bond donors (Lipinski definition) is 2. The number of carbonyl (C=O) groups excluding carboxylic acids is 1. The van der Waals surface area contributed by atoms with E-state index < -0.39 is 5.91 Å². The van der Waals surface area contributed by atoms with E-state index in [1.54, 1.807) is 54.7 Å². The number of nitrogens with one attached hydrogen (secondary N) is 2. The van der Waals surface area contributed by atoms with Gasteiger partial charge in [-0.15, -0.1) is 5.10 Å². The van der Waals surface area contributed by atoms with Crippen LogP contribution in [0, 0.1) is 0 Å². The lowest BCUT2D eigenvalue weighted by atomic mass is 10.1. The molecule has 2 N–H and O–H groups in total. The Morgan fingerprint density at radius 1 is 0.806 bits per heavy atom. The third-order valence-electron chi connectivity index (χ3n) is 4.65. The van der Waals surface area contributed by atoms with Gasteiger partial charge < -0.3 is 14.2 Å². The zero-order valence-corrected chi connectivity index (χ0v) is 21.2. The number of nitrogens with zero attached hydrogens (tertiary/aromatic N) is 3. The van der Waals surface area contributed by atoms with E-state index >= 15 is 0 Å². The number of methoxy groups -OCH3 is 3. The minimum Gasteiger partial charge on any atom is -0.493 e. The molecular formula is C25H23Cl2N5O4. The lowest BCUT2D eigenvalue weighted by Gasteiger charge is -2.14. The first-order valence-electron chi connectivity index (χ1n) is 10.5. The molecule has 1 amide bonds. The van der Waals surface area contributed by atoms with Gasteiger partial charge >= 0.3 is 0 Å². The molecule has 3 rings (SSSR count). The van der Waals surface area contributed by atoms with Crippen LogP contribution in [0.15, 0.2) is 76.0 Å². The van der Waals surface area contributed by atoms with Crippen LogP contribution >= 0.6 is 23.2 Å². The highest BCUT2D eigenvalue weighted by Crippen LogP contribution is 2.38. The van der Waals surface area contributed by atoms with Crippen molar-refractivity contribution in [2.75, 3.05) is 21.3 Å². The molecule has 0 bridgehead atoms. The molecule has 0 radical (unpaired) electrons. The first-order chi connectivity index (χ1) is 17.4. The summed E-state index contributed by atoms with van der Waals surface area (Å²) in [5, 5.41) is 16.1. The zero-order valence-electron chi connectivity index (χ0n) is 19.7. The normalized spacial score (nSPS) is 11.5. The van der Waals surface area contributed by atoms with Crippen molar-refractivity contribution in [3.63, 3.8) is 0 Å². The molecule has 0 atom stereocenters. The van der Waals surface area contributed by atoms with E-state index in [4.69, 9.17) is 37.4 Å². The van der Waals surface area contributed by atoms with Crippen LogP contribution < -0.4 is 25.0 Å². The van der Waals surface area contributed by atoms with Crippen molar-refractivity contribution < 1.29 is 19.0 Å². The lowest BCUT2D eigenvalue weighted by molar-refractivity contribution is 0.0975. The average Bonchev–Trinajstić information content (AvgIpc) is 2.89. The number of hydrogen-bond acceptors (Lipinski definition) is 7. The molecule has 3 aromatic rings. The molecule has 0 aliphatic heterocycles. The maximum atomic E-state index is 13.0. The van der Waals surface area contributed by atoms with Gasteiger partial charge in [0.05, 0.1) is 33.8 Å². The number of rotatable bonds is 8. The topological polar surface area (TPSA) is 106 Å². The SMILES string of the molecule is COc1cc(C(=O)NC(=NN=Cc2ccc(Cl)cc2)NN=Cc2ccc(Cl)cc2)cc(OC)c1OC. The van der Waals surface area contributed by atoms with Crippen LogP contribution in [0.4, 0.5) is 0 Å². The Bertz CT molecular complexity index is 1250. The minimum atomic E-state index is -0.510. The van der Waals surface area contributed by atoms with Crippen LogP contribution in [-0.2, 0) is 0 Å². The molecule has 0 aromatic heterocycles. The molecule has 11 heteroatoms. The van der Waals surface area contributed by atoms with E-state index in [9.17, 15) is 4.79 Å². The van der Waals surface area contributed by atoms with Crippen LogP contribution in [0.25, 0.3) is 0 Å². The molecule has 186 valence electrons. The number of hydrazone groups is 1. The summed E-state index contributed by atoms with van der Waals surface area (Å²) in [6.45, 7) is 0. The molecule has 9 nitrogen and oxygen atoms in total. The van der Waals surface area contributed by atoms with Crippen molar-refractivity contribution >= 4 is 47.5 Å². The summed E-state index contributed by atoms with van der Waals surface area (Å²) >= 11 is 11.8. The predicted octanol–water partition coefficient (Wildman–Crippen LogP) is 4.76. The molecule has 3 aromatic carbocycles. The quantitative estimate of drug-likeness (QED) is 0.249. The van der Waals surface area contributed by atoms with Gasteiger partial charge in [-0.05, 0) is 47.5 Å². The number of benzene rings is 3. The van der Waals surface area contributed by atoms with Crippen molar-refractivity contribution in [1.29, 1.82) is 0 Å². The van der Waals surface area contributed by atoms with E-state index in [2.05, 4.69) is 26.0 Å². The summed E-state index contributed by atoms with van der Waals surface area (Å²) < 4.78 is 16.0. The van der Waals surface area contributed by atoms with Gasteiger partial charge in [-0.25, -0.2) is 5.43 Å². The van der Waals surface area contributed by atoms with Gasteiger partial charge in [-0.2, -0.15) is 10.2 Å². The number of ether oxygens (including phenoxy) is 3. The van der Waals surface area contributed by atoms with E-state index in [0.717, 1.165) is 11.1 Å². The average molecular weight is 528 g/mol. The molecular weight excluding hydrogens is 505 g/mol. The Kier molecular flexibility index (Phi) is 9.67. The zero-order chi connectivity index (χ0) is 25.9. The number of halogens is 2. The second-order valence-corrected chi connectivity index (χ2v) is 7.91. The van der Waals surface area contributed by atoms with Crippen LogP contribution in [0.1, 0.15) is 21.5 Å². The van der Waals surface area contributed by atoms with Crippen molar-refractivity contribution in [3.05, 3.63) is 87.4 Å². The maximum Gasteiger partial charge on any atom is 0.258 e. The van der Waals surface area contributed by atoms with Gasteiger partial charge in [0.25, 0.3) is 5.91 Å². The largest absolute Gasteiger partial charge is 0.493 e. The van der Waals surface area contributed by atoms with Crippen LogP contribution in [-0.4, -0.2) is 45.6 Å². The molecule has 36 heavy (non-hydrogen) atoms. The third kappa shape index (κ3) is 7.46. The van der Waals surface area contributed by atoms with E-state index in [1.165, 1.54) is 39.7 Å². The summed E-state index contributed by atoms with van der Waals surface area (Å²) in [4.78, 5) is 13.0. The molecule has 0 unspecified atom stereocenters. The summed E-state index contributed by atoms with van der Waals surface area (Å²) in [6, 6.07) is 17.1. The second-order valence-electron chi connectivity index (χ2n) is 7.03. The van der Waals surface area contributed by atoms with Crippen LogP contribution in [0.5, 0.6) is 17.2 Å². The van der Waals surface area contributed by atoms with E-state index in [0.29, 0.717) is 27.3 Å². The van der Waals surface area contributed by atoms with Gasteiger partial charge in [0.15, 0.2) is 11.5 Å². The lowest BCUT2D eigenvalue weighted by Crippen LogP contribution is -2.38. The van der Waals surface area contributed by atoms with Gasteiger partial charge in [0.2, 0.25) is 11.7 Å². The summed E-state index contributed by atoms with van der Waals surface area (Å²) in [6.07, 6.45) is 3.05. The monoisotopic (exact) mass is 527 g/mol. The van der Waals surface area contributed by atoms with Crippen molar-refractivity contribution in [2.24, 2.45) is 15.3 Å². The number of carbonyl (C=O) groups is 1. The first-order valence-corrected chi connectivity index (χ1v) is 11.2. The van der Waals surface area contributed by atoms with Crippen molar-refractivity contribution in [3.8, 4) is 17.2 Å². The van der Waals surface area contributed by atoms with E-state index in [-0.39, 0.29) is 11.5 Å². The second kappa shape index (κ2) is 13.1. The maximum absolute atomic E-state index is 13.0. The van der Waals surface area contributed by atoms with Crippen molar-refractivity contribution in [1.82, 2.24) is 10.7 Å². The van der Waals surface area contributed by atoms with Gasteiger partial charge in [-0.1, -0.05) is 47.5 Å². The highest BCUT2D eigenvalue weighted by atomic mass is 35.5. The number of guanidine groups is 1. The Morgan fingerprint density at radius 3 is 1.83 bits per heavy atom. The summed E-state index contributed by atoms with van der Waals surface area (Å²) in [5.74, 6) is 0.488. The highest BCUT2D eigenvalue weighted by Gasteiger charge is 2.18. The Labute approximate surface area is 218 Å². The number of amides is 1. The molecule has 0 heterocycles. The molecule has 0 aliphatic rings. The third-order valence-corrected chi connectivity index (χ3v) is 5.15. The molecule has 0 saturated heterocycles. The molecule has 0 fully saturated rings. The van der Waals surface area contributed by atoms with Crippen LogP contribution in [0.2, 0.25) is 10.0 Å². The van der Waals surface area contributed by atoms with Gasteiger partial charge in [0, 0.05) is 15.6 Å². The fourth-order valence-electron chi connectivity index (χ4n) is 2.89. The predicted molar refractivity (Wildman–Crippen MR) is 142 cm³/mol. The minimum absolute atomic E-state index is 0.0239. The first kappa shape index (κ1) is 26.5. The standard InChI is InChI=1S/C25H23Cl2N5O4/c1-34-21-12-18(13-22(35-2)23(21)36-3)24(33)30-25(31-28-14-16-4-8-19(26)9-5-16)32-29-15-17-6-10-20(27)11-7-17/h4-15H,1-3H3,(H2,30,31,32,33). The smallest absolute Gasteiger partial charge is 0.258 e. The van der Waals surface area contributed by atoms with Crippen molar-refractivity contribution in [2.45, 2.75) is 0 Å². The summed E-state index contributed by atoms with van der Waals surface area (Å²) in [7, 11) is 4.40. The Balaban J connectivity index is 1.84. The molecule has 0 aliphatic carbocycles. The Morgan fingerprint density at radius 2 is 1.33 bits per heavy atom.